The summed E-state index contributed by atoms with van der Waals surface area (Å²) >= 11 is 1.72. The van der Waals surface area contributed by atoms with Gasteiger partial charge in [0.05, 0.1) is 17.6 Å². The van der Waals surface area contributed by atoms with Gasteiger partial charge in [-0.2, -0.15) is 5.26 Å². The van der Waals surface area contributed by atoms with Crippen LogP contribution in [-0.2, 0) is 10.2 Å². The molecule has 2 atom stereocenters. The monoisotopic (exact) mass is 389 g/mol. The van der Waals surface area contributed by atoms with Gasteiger partial charge in [-0.15, -0.1) is 0 Å². The van der Waals surface area contributed by atoms with Gasteiger partial charge in [0.2, 0.25) is 0 Å². The third kappa shape index (κ3) is 3.71. The smallest absolute Gasteiger partial charge is 0.110 e. The highest BCUT2D eigenvalue weighted by Gasteiger charge is 2.37. The summed E-state index contributed by atoms with van der Waals surface area (Å²) in [6.45, 7) is 4.69. The minimum absolute atomic E-state index is 0.115. The zero-order chi connectivity index (χ0) is 19.6. The average molecular weight is 390 g/mol. The molecule has 1 aromatic heterocycles. The fraction of sp³-hybridized carbons (Fsp3) is 0.304. The van der Waals surface area contributed by atoms with Crippen LogP contribution in [0.3, 0.4) is 0 Å². The first-order valence-electron chi connectivity index (χ1n) is 9.51. The van der Waals surface area contributed by atoms with Crippen LogP contribution in [0.25, 0.3) is 5.69 Å². The molecular weight excluding hydrogens is 366 g/mol. The quantitative estimate of drug-likeness (QED) is 0.608. The number of aryl methyl sites for hydroxylation is 1. The van der Waals surface area contributed by atoms with Gasteiger partial charge in [-0.3, -0.25) is 0 Å². The highest BCUT2D eigenvalue weighted by Crippen LogP contribution is 2.39. The number of nitriles is 1. The Morgan fingerprint density at radius 1 is 1.21 bits per heavy atom. The first kappa shape index (κ1) is 18.8. The molecule has 0 bridgehead atoms. The minimum atomic E-state index is -0.447. The Kier molecular flexibility index (Phi) is 5.25. The Bertz CT molecular complexity index is 1010. The molecule has 3 aromatic rings. The van der Waals surface area contributed by atoms with Crippen molar-refractivity contribution in [2.45, 2.75) is 48.0 Å². The van der Waals surface area contributed by atoms with Gasteiger partial charge in [-0.05, 0) is 68.7 Å². The summed E-state index contributed by atoms with van der Waals surface area (Å²) in [5.74, 6) is 0.973. The van der Waals surface area contributed by atoms with Gasteiger partial charge in [0, 0.05) is 34.5 Å². The van der Waals surface area contributed by atoms with E-state index in [4.69, 9.17) is 4.74 Å². The van der Waals surface area contributed by atoms with E-state index < -0.39 is 5.41 Å². The standard InChI is InChI=1S/C23H23N3OS/c1-17-15-23(16-24,10-13-27-17)19-4-3-5-22(14-19)28-21-8-6-20(7-9-21)26-12-11-25-18(26)2/h3-9,11-12,14,17H,10,13,15H2,1-2H3. The van der Waals surface area contributed by atoms with Crippen molar-refractivity contribution in [2.24, 2.45) is 0 Å². The molecule has 0 amide bonds. The van der Waals surface area contributed by atoms with Crippen molar-refractivity contribution in [1.82, 2.24) is 9.55 Å². The molecule has 2 unspecified atom stereocenters. The number of hydrogen-bond donors (Lipinski definition) is 0. The Labute approximate surface area is 170 Å². The molecule has 0 spiro atoms. The summed E-state index contributed by atoms with van der Waals surface area (Å²) in [6.07, 6.45) is 5.39. The van der Waals surface area contributed by atoms with Crippen LogP contribution in [0.1, 0.15) is 31.2 Å². The normalized spacial score (nSPS) is 22.0. The van der Waals surface area contributed by atoms with Crippen molar-refractivity contribution >= 4 is 11.8 Å². The van der Waals surface area contributed by atoms with Crippen LogP contribution in [0, 0.1) is 18.3 Å². The molecular formula is C23H23N3OS. The number of ether oxygens (including phenoxy) is 1. The van der Waals surface area contributed by atoms with E-state index in [0.717, 1.165) is 34.8 Å². The Morgan fingerprint density at radius 3 is 2.71 bits per heavy atom. The summed E-state index contributed by atoms with van der Waals surface area (Å²) < 4.78 is 7.74. The van der Waals surface area contributed by atoms with Gasteiger partial charge in [-0.25, -0.2) is 4.98 Å². The van der Waals surface area contributed by atoms with Crippen LogP contribution >= 0.6 is 11.8 Å². The minimum Gasteiger partial charge on any atom is -0.378 e. The van der Waals surface area contributed by atoms with Crippen molar-refractivity contribution < 1.29 is 4.74 Å². The van der Waals surface area contributed by atoms with E-state index in [2.05, 4.69) is 64.2 Å². The lowest BCUT2D eigenvalue weighted by Crippen LogP contribution is -2.36. The van der Waals surface area contributed by atoms with Crippen molar-refractivity contribution in [3.8, 4) is 11.8 Å². The zero-order valence-corrected chi connectivity index (χ0v) is 16.9. The third-order valence-electron chi connectivity index (χ3n) is 5.34. The van der Waals surface area contributed by atoms with Gasteiger partial charge in [0.1, 0.15) is 5.82 Å². The number of nitrogens with zero attached hydrogens (tertiary/aromatic N) is 3. The molecule has 0 saturated carbocycles. The maximum absolute atomic E-state index is 9.92. The number of hydrogen-bond acceptors (Lipinski definition) is 4. The summed E-state index contributed by atoms with van der Waals surface area (Å²) in [7, 11) is 0. The summed E-state index contributed by atoms with van der Waals surface area (Å²) in [6, 6.07) is 19.5. The number of benzene rings is 2. The second-order valence-corrected chi connectivity index (χ2v) is 8.44. The Morgan fingerprint density at radius 2 is 2.04 bits per heavy atom. The fourth-order valence-electron chi connectivity index (χ4n) is 3.83. The number of aromatic nitrogens is 2. The molecule has 0 radical (unpaired) electrons. The molecule has 1 saturated heterocycles. The van der Waals surface area contributed by atoms with Crippen LogP contribution in [0.15, 0.2) is 70.7 Å². The first-order chi connectivity index (χ1) is 13.6. The fourth-order valence-corrected chi connectivity index (χ4v) is 4.71. The van der Waals surface area contributed by atoms with E-state index in [1.54, 1.807) is 11.8 Å². The molecule has 1 aliphatic heterocycles. The second kappa shape index (κ2) is 7.83. The number of imidazole rings is 1. The topological polar surface area (TPSA) is 50.8 Å². The molecule has 142 valence electrons. The molecule has 0 N–H and O–H groups in total. The van der Waals surface area contributed by atoms with Crippen molar-refractivity contribution in [1.29, 1.82) is 5.26 Å². The van der Waals surface area contributed by atoms with Crippen molar-refractivity contribution in [3.63, 3.8) is 0 Å². The highest BCUT2D eigenvalue weighted by molar-refractivity contribution is 7.99. The van der Waals surface area contributed by atoms with Gasteiger partial charge < -0.3 is 9.30 Å². The largest absolute Gasteiger partial charge is 0.378 e. The Balaban J connectivity index is 1.55. The first-order valence-corrected chi connectivity index (χ1v) is 10.3. The molecule has 4 nitrogen and oxygen atoms in total. The van der Waals surface area contributed by atoms with Gasteiger partial charge >= 0.3 is 0 Å². The molecule has 4 rings (SSSR count). The summed E-state index contributed by atoms with van der Waals surface area (Å²) in [5, 5.41) is 9.92. The van der Waals surface area contributed by atoms with E-state index in [9.17, 15) is 5.26 Å². The second-order valence-electron chi connectivity index (χ2n) is 7.30. The zero-order valence-electron chi connectivity index (χ0n) is 16.1. The maximum Gasteiger partial charge on any atom is 0.110 e. The average Bonchev–Trinajstić information content (AvgIpc) is 3.14. The highest BCUT2D eigenvalue weighted by atomic mass is 32.2. The molecule has 1 aliphatic rings. The lowest BCUT2D eigenvalue weighted by molar-refractivity contribution is 0.00349. The van der Waals surface area contributed by atoms with Gasteiger partial charge in [-0.1, -0.05) is 23.9 Å². The van der Waals surface area contributed by atoms with Crippen molar-refractivity contribution in [2.75, 3.05) is 6.61 Å². The van der Waals surface area contributed by atoms with E-state index in [0.29, 0.717) is 6.61 Å². The van der Waals surface area contributed by atoms with Crippen LogP contribution in [0.5, 0.6) is 0 Å². The molecule has 5 heteroatoms. The van der Waals surface area contributed by atoms with Crippen LogP contribution in [0.4, 0.5) is 0 Å². The van der Waals surface area contributed by atoms with Crippen LogP contribution in [-0.4, -0.2) is 22.3 Å². The van der Waals surface area contributed by atoms with Gasteiger partial charge in [0.25, 0.3) is 0 Å². The Hall–Kier alpha value is -2.55. The van der Waals surface area contributed by atoms with E-state index in [1.165, 1.54) is 4.90 Å². The molecule has 1 fully saturated rings. The molecule has 2 heterocycles. The molecule has 2 aromatic carbocycles. The van der Waals surface area contributed by atoms with Crippen LogP contribution < -0.4 is 0 Å². The number of rotatable bonds is 4. The SMILES string of the molecule is Cc1nccn1-c1ccc(Sc2cccc(C3(C#N)CCOC(C)C3)c2)cc1. The predicted octanol–water partition coefficient (Wildman–Crippen LogP) is 5.29. The predicted molar refractivity (Wildman–Crippen MR) is 111 cm³/mol. The maximum atomic E-state index is 9.92. The molecule has 0 aliphatic carbocycles. The van der Waals surface area contributed by atoms with Crippen LogP contribution in [0.2, 0.25) is 0 Å². The summed E-state index contributed by atoms with van der Waals surface area (Å²) in [4.78, 5) is 6.60. The molecule has 28 heavy (non-hydrogen) atoms. The lowest BCUT2D eigenvalue weighted by atomic mass is 9.74. The van der Waals surface area contributed by atoms with E-state index >= 15 is 0 Å². The van der Waals surface area contributed by atoms with Crippen molar-refractivity contribution in [3.05, 3.63) is 72.3 Å². The lowest BCUT2D eigenvalue weighted by Gasteiger charge is -2.35. The van der Waals surface area contributed by atoms with E-state index in [1.807, 2.05) is 26.2 Å². The van der Waals surface area contributed by atoms with Gasteiger partial charge in [0.15, 0.2) is 0 Å². The third-order valence-corrected chi connectivity index (χ3v) is 6.34. The van der Waals surface area contributed by atoms with E-state index in [-0.39, 0.29) is 6.10 Å². The summed E-state index contributed by atoms with van der Waals surface area (Å²) in [5.41, 5.74) is 1.75.